The molecule has 2 rings (SSSR count). The Hall–Kier alpha value is -0.910. The molecule has 1 atom stereocenters. The zero-order valence-corrected chi connectivity index (χ0v) is 14.2. The Morgan fingerprint density at radius 2 is 1.86 bits per heavy atom. The molecular formula is C16H26N2O2S. The SMILES string of the molecule is Cc1ccc(C)c(C(C)NC2CCN(S(C)(=O)=O)CC2)c1. The molecule has 21 heavy (non-hydrogen) atoms. The minimum absolute atomic E-state index is 0.291. The lowest BCUT2D eigenvalue weighted by molar-refractivity contribution is 0.278. The predicted molar refractivity (Wildman–Crippen MR) is 86.9 cm³/mol. The molecule has 0 amide bonds. The van der Waals surface area contributed by atoms with Gasteiger partial charge in [0.2, 0.25) is 10.0 Å². The fourth-order valence-electron chi connectivity index (χ4n) is 3.02. The number of rotatable bonds is 4. The highest BCUT2D eigenvalue weighted by molar-refractivity contribution is 7.88. The van der Waals surface area contributed by atoms with Gasteiger partial charge in [-0.05, 0) is 44.7 Å². The van der Waals surface area contributed by atoms with Crippen LogP contribution in [0.25, 0.3) is 0 Å². The molecular weight excluding hydrogens is 284 g/mol. The van der Waals surface area contributed by atoms with Gasteiger partial charge in [-0.2, -0.15) is 0 Å². The van der Waals surface area contributed by atoms with Gasteiger partial charge < -0.3 is 5.32 Å². The van der Waals surface area contributed by atoms with Gasteiger partial charge in [0.15, 0.2) is 0 Å². The summed E-state index contributed by atoms with van der Waals surface area (Å²) in [6.07, 6.45) is 3.05. The van der Waals surface area contributed by atoms with E-state index < -0.39 is 10.0 Å². The van der Waals surface area contributed by atoms with Crippen LogP contribution in [0.5, 0.6) is 0 Å². The molecule has 0 spiro atoms. The van der Waals surface area contributed by atoms with Crippen LogP contribution in [0, 0.1) is 13.8 Å². The molecule has 0 radical (unpaired) electrons. The van der Waals surface area contributed by atoms with Crippen molar-refractivity contribution in [2.75, 3.05) is 19.3 Å². The van der Waals surface area contributed by atoms with Crippen LogP contribution in [-0.4, -0.2) is 38.1 Å². The first kappa shape index (κ1) is 16.5. The number of hydrogen-bond donors (Lipinski definition) is 1. The lowest BCUT2D eigenvalue weighted by Gasteiger charge is -2.33. The van der Waals surface area contributed by atoms with E-state index >= 15 is 0 Å². The summed E-state index contributed by atoms with van der Waals surface area (Å²) in [6.45, 7) is 7.68. The van der Waals surface area contributed by atoms with E-state index in [1.165, 1.54) is 22.9 Å². The van der Waals surface area contributed by atoms with E-state index in [1.807, 2.05) is 0 Å². The third-order valence-electron chi connectivity index (χ3n) is 4.31. The van der Waals surface area contributed by atoms with Gasteiger partial charge in [0, 0.05) is 25.2 Å². The Bertz CT molecular complexity index is 590. The van der Waals surface area contributed by atoms with Crippen LogP contribution in [0.2, 0.25) is 0 Å². The highest BCUT2D eigenvalue weighted by Crippen LogP contribution is 2.22. The van der Waals surface area contributed by atoms with Crippen LogP contribution >= 0.6 is 0 Å². The average molecular weight is 310 g/mol. The van der Waals surface area contributed by atoms with E-state index in [-0.39, 0.29) is 0 Å². The van der Waals surface area contributed by atoms with Crippen molar-refractivity contribution in [3.63, 3.8) is 0 Å². The van der Waals surface area contributed by atoms with Crippen LogP contribution in [0.1, 0.15) is 42.5 Å². The molecule has 1 saturated heterocycles. The van der Waals surface area contributed by atoms with E-state index in [4.69, 9.17) is 0 Å². The van der Waals surface area contributed by atoms with Crippen LogP contribution in [0.3, 0.4) is 0 Å². The van der Waals surface area contributed by atoms with Crippen LogP contribution in [0.15, 0.2) is 18.2 Å². The summed E-state index contributed by atoms with van der Waals surface area (Å²) in [5, 5.41) is 3.65. The molecule has 1 aromatic rings. The molecule has 1 aliphatic heterocycles. The zero-order chi connectivity index (χ0) is 15.6. The number of piperidine rings is 1. The van der Waals surface area contributed by atoms with Crippen molar-refractivity contribution in [1.82, 2.24) is 9.62 Å². The van der Waals surface area contributed by atoms with E-state index in [1.54, 1.807) is 4.31 Å². The van der Waals surface area contributed by atoms with Crippen LogP contribution < -0.4 is 5.32 Å². The zero-order valence-electron chi connectivity index (χ0n) is 13.4. The summed E-state index contributed by atoms with van der Waals surface area (Å²) in [4.78, 5) is 0. The summed E-state index contributed by atoms with van der Waals surface area (Å²) >= 11 is 0. The van der Waals surface area contributed by atoms with Crippen molar-refractivity contribution in [2.24, 2.45) is 0 Å². The van der Waals surface area contributed by atoms with Gasteiger partial charge in [-0.25, -0.2) is 12.7 Å². The Morgan fingerprint density at radius 1 is 1.24 bits per heavy atom. The molecule has 0 saturated carbocycles. The van der Waals surface area contributed by atoms with Crippen molar-refractivity contribution < 1.29 is 8.42 Å². The third-order valence-corrected chi connectivity index (χ3v) is 5.61. The van der Waals surface area contributed by atoms with Gasteiger partial charge in [-0.15, -0.1) is 0 Å². The molecule has 1 N–H and O–H groups in total. The lowest BCUT2D eigenvalue weighted by Crippen LogP contribution is -2.45. The number of nitrogens with zero attached hydrogens (tertiary/aromatic N) is 1. The Kier molecular flexibility index (Phi) is 5.07. The molecule has 1 unspecified atom stereocenters. The van der Waals surface area contributed by atoms with Gasteiger partial charge in [-0.3, -0.25) is 0 Å². The molecule has 0 aliphatic carbocycles. The first-order valence-electron chi connectivity index (χ1n) is 7.55. The largest absolute Gasteiger partial charge is 0.307 e. The number of nitrogens with one attached hydrogen (secondary N) is 1. The quantitative estimate of drug-likeness (QED) is 0.929. The number of hydrogen-bond acceptors (Lipinski definition) is 3. The summed E-state index contributed by atoms with van der Waals surface area (Å²) in [5.74, 6) is 0. The summed E-state index contributed by atoms with van der Waals surface area (Å²) in [7, 11) is -3.04. The van der Waals surface area contributed by atoms with Crippen molar-refractivity contribution >= 4 is 10.0 Å². The molecule has 118 valence electrons. The van der Waals surface area contributed by atoms with Gasteiger partial charge in [0.1, 0.15) is 0 Å². The molecule has 1 aliphatic rings. The van der Waals surface area contributed by atoms with Crippen LogP contribution in [-0.2, 0) is 10.0 Å². The molecule has 4 nitrogen and oxygen atoms in total. The Morgan fingerprint density at radius 3 is 2.43 bits per heavy atom. The van der Waals surface area contributed by atoms with Crippen molar-refractivity contribution in [3.8, 4) is 0 Å². The van der Waals surface area contributed by atoms with E-state index in [0.717, 1.165) is 12.8 Å². The van der Waals surface area contributed by atoms with E-state index in [0.29, 0.717) is 25.2 Å². The summed E-state index contributed by atoms with van der Waals surface area (Å²) in [6, 6.07) is 7.21. The van der Waals surface area contributed by atoms with Crippen molar-refractivity contribution in [2.45, 2.75) is 45.7 Å². The minimum Gasteiger partial charge on any atom is -0.307 e. The highest BCUT2D eigenvalue weighted by Gasteiger charge is 2.25. The minimum atomic E-state index is -3.04. The highest BCUT2D eigenvalue weighted by atomic mass is 32.2. The molecule has 1 fully saturated rings. The molecule has 1 aromatic carbocycles. The van der Waals surface area contributed by atoms with Crippen LogP contribution in [0.4, 0.5) is 0 Å². The van der Waals surface area contributed by atoms with Gasteiger partial charge in [0.25, 0.3) is 0 Å². The first-order valence-corrected chi connectivity index (χ1v) is 9.40. The standard InChI is InChI=1S/C16H26N2O2S/c1-12-5-6-13(2)16(11-12)14(3)17-15-7-9-18(10-8-15)21(4,19)20/h5-6,11,14-15,17H,7-10H2,1-4H3. The number of benzene rings is 1. The lowest BCUT2D eigenvalue weighted by atomic mass is 9.98. The maximum absolute atomic E-state index is 11.5. The fourth-order valence-corrected chi connectivity index (χ4v) is 3.90. The van der Waals surface area contributed by atoms with E-state index in [9.17, 15) is 8.42 Å². The molecule has 0 bridgehead atoms. The Labute approximate surface area is 128 Å². The Balaban J connectivity index is 1.96. The van der Waals surface area contributed by atoms with Crippen molar-refractivity contribution in [1.29, 1.82) is 0 Å². The van der Waals surface area contributed by atoms with Gasteiger partial charge >= 0.3 is 0 Å². The van der Waals surface area contributed by atoms with Crippen molar-refractivity contribution in [3.05, 3.63) is 34.9 Å². The maximum atomic E-state index is 11.5. The monoisotopic (exact) mass is 310 g/mol. The number of aryl methyl sites for hydroxylation is 2. The second kappa shape index (κ2) is 6.46. The second-order valence-corrected chi connectivity index (χ2v) is 8.17. The maximum Gasteiger partial charge on any atom is 0.211 e. The topological polar surface area (TPSA) is 49.4 Å². The predicted octanol–water partition coefficient (Wildman–Crippen LogP) is 2.38. The first-order chi connectivity index (χ1) is 9.77. The van der Waals surface area contributed by atoms with E-state index in [2.05, 4.69) is 44.3 Å². The average Bonchev–Trinajstić information content (AvgIpc) is 2.41. The molecule has 0 aromatic heterocycles. The fraction of sp³-hybridized carbons (Fsp3) is 0.625. The normalized spacial score (nSPS) is 19.6. The smallest absolute Gasteiger partial charge is 0.211 e. The second-order valence-electron chi connectivity index (χ2n) is 6.18. The third kappa shape index (κ3) is 4.28. The van der Waals surface area contributed by atoms with Gasteiger partial charge in [0.05, 0.1) is 6.26 Å². The molecule has 1 heterocycles. The summed E-state index contributed by atoms with van der Waals surface area (Å²) < 4.78 is 24.6. The summed E-state index contributed by atoms with van der Waals surface area (Å²) in [5.41, 5.74) is 3.91. The number of sulfonamides is 1. The van der Waals surface area contributed by atoms with Gasteiger partial charge in [-0.1, -0.05) is 23.8 Å². The molecule has 5 heteroatoms.